The van der Waals surface area contributed by atoms with Crippen LogP contribution >= 0.6 is 0 Å². The summed E-state index contributed by atoms with van der Waals surface area (Å²) in [7, 11) is 1.43. The predicted molar refractivity (Wildman–Crippen MR) is 264 cm³/mol. The van der Waals surface area contributed by atoms with Gasteiger partial charge in [0.15, 0.2) is 29.2 Å². The molecule has 1 aromatic carbocycles. The summed E-state index contributed by atoms with van der Waals surface area (Å²) in [5, 5.41) is 42.2. The fourth-order valence-electron chi connectivity index (χ4n) is 10.5. The Labute approximate surface area is 405 Å². The van der Waals surface area contributed by atoms with Gasteiger partial charge in [-0.2, -0.15) is 0 Å². The van der Waals surface area contributed by atoms with E-state index in [-0.39, 0.29) is 38.0 Å². The van der Waals surface area contributed by atoms with Crippen LogP contribution in [-0.4, -0.2) is 154 Å². The number of oxime groups is 1. The topological polar surface area (TPSA) is 176 Å². The zero-order valence-electron chi connectivity index (χ0n) is 44.4. The van der Waals surface area contributed by atoms with E-state index in [1.807, 2.05) is 79.0 Å². The van der Waals surface area contributed by atoms with Crippen molar-refractivity contribution in [1.29, 1.82) is 0 Å². The minimum absolute atomic E-state index is 0.0604. The van der Waals surface area contributed by atoms with Crippen molar-refractivity contribution in [2.45, 2.75) is 225 Å². The monoisotopic (exact) mass is 983 g/mol. The molecule has 0 saturated carbocycles. The molecular formula is C50H90N2O13Si2. The number of rotatable bonds is 14. The van der Waals surface area contributed by atoms with Crippen molar-refractivity contribution in [2.75, 3.05) is 21.2 Å². The third-order valence-corrected chi connectivity index (χ3v) is 15.9. The van der Waals surface area contributed by atoms with Gasteiger partial charge in [-0.1, -0.05) is 63.2 Å². The zero-order valence-corrected chi connectivity index (χ0v) is 46.4. The summed E-state index contributed by atoms with van der Waals surface area (Å²) in [5.74, 6) is -3.78. The molecule has 0 amide bonds. The zero-order chi connectivity index (χ0) is 50.6. The Hall–Kier alpha value is -1.85. The SMILES string of the molecule is CC[C@H]1OC(=O)[C@H](C)[C@@H](O[C@H]2C[C@@](C)(OC)[C@@H](O[Si](C)(C)C)[C@H](C)O2)[C@H](C)[C@@H](O[C@@H]2O[C@H](C)C[C@H](N(C)C)[C@H]2O[Si](C)(C)C)[C@](C)(O)C[C@@H](C)/C(=N\OCc2ccccc2)[C@H](C)[C@@H](O)[C@]1(C)O. The molecule has 3 saturated heterocycles. The molecule has 3 N–H and O–H groups in total. The number of benzene rings is 1. The second-order valence-corrected chi connectivity index (χ2v) is 31.7. The highest BCUT2D eigenvalue weighted by molar-refractivity contribution is 6.70. The van der Waals surface area contributed by atoms with Gasteiger partial charge in [-0.25, -0.2) is 0 Å². The van der Waals surface area contributed by atoms with E-state index in [1.54, 1.807) is 34.8 Å². The van der Waals surface area contributed by atoms with Crippen LogP contribution in [0.15, 0.2) is 35.5 Å². The maximum absolute atomic E-state index is 14.7. The van der Waals surface area contributed by atoms with Crippen LogP contribution < -0.4 is 0 Å². The summed E-state index contributed by atoms with van der Waals surface area (Å²) >= 11 is 0. The van der Waals surface area contributed by atoms with Gasteiger partial charge in [-0.05, 0) is 120 Å². The number of hydrogen-bond acceptors (Lipinski definition) is 15. The number of aliphatic hydroxyl groups is 3. The molecule has 386 valence electrons. The average Bonchev–Trinajstić information content (AvgIpc) is 3.22. The largest absolute Gasteiger partial charge is 0.459 e. The van der Waals surface area contributed by atoms with Gasteiger partial charge in [0.2, 0.25) is 0 Å². The fourth-order valence-corrected chi connectivity index (χ4v) is 12.7. The molecule has 0 radical (unpaired) electrons. The molecule has 4 rings (SSSR count). The standard InChI is InChI=1S/C50H90N2O13Si2/c1-20-38-50(10,56)43(53)32(4)40(51-58-29-36-24-22-21-23-25-36)30(2)27-48(8,55)44(63-47-42(64-66(14,15)16)37(52(11)12)26-31(3)59-47)33(5)41(34(6)46(54)61-38)62-39-28-49(9,57-13)45(35(7)60-39)65-67(17,18)19/h21-25,30-35,37-39,41-45,47,53,55-56H,20,26-29H2,1-19H3/b51-40+/t30-,31-,32+,33+,34-,35+,37+,38-,39+,41+,42-,43-,44-,45+,47+,48-,49-,50-/m1/s1. The van der Waals surface area contributed by atoms with E-state index >= 15 is 0 Å². The summed E-state index contributed by atoms with van der Waals surface area (Å²) in [6, 6.07) is 9.52. The number of carbonyl (C=O) groups is 1. The van der Waals surface area contributed by atoms with Gasteiger partial charge in [-0.15, -0.1) is 0 Å². The van der Waals surface area contributed by atoms with E-state index in [9.17, 15) is 20.1 Å². The minimum atomic E-state index is -2.22. The van der Waals surface area contributed by atoms with Gasteiger partial charge in [0.1, 0.15) is 24.4 Å². The lowest BCUT2D eigenvalue weighted by Gasteiger charge is -2.51. The number of hydrogen-bond donors (Lipinski definition) is 3. The predicted octanol–water partition coefficient (Wildman–Crippen LogP) is 7.51. The van der Waals surface area contributed by atoms with E-state index < -0.39 is 118 Å². The van der Waals surface area contributed by atoms with Crippen LogP contribution in [0, 0.1) is 23.7 Å². The van der Waals surface area contributed by atoms with Crippen molar-refractivity contribution in [2.24, 2.45) is 28.8 Å². The van der Waals surface area contributed by atoms with Crippen LogP contribution in [-0.2, 0) is 53.5 Å². The van der Waals surface area contributed by atoms with Crippen molar-refractivity contribution < 1.29 is 62.2 Å². The second-order valence-electron chi connectivity index (χ2n) is 22.8. The normalized spacial score (nSPS) is 41.7. The van der Waals surface area contributed by atoms with Crippen molar-refractivity contribution in [3.05, 3.63) is 35.9 Å². The third-order valence-electron chi connectivity index (χ3n) is 14.0. The second kappa shape index (κ2) is 23.1. The van der Waals surface area contributed by atoms with Gasteiger partial charge < -0.3 is 62.3 Å². The first-order chi connectivity index (χ1) is 30.9. The lowest BCUT2D eigenvalue weighted by molar-refractivity contribution is -0.315. The van der Waals surface area contributed by atoms with Crippen molar-refractivity contribution in [3.63, 3.8) is 0 Å². The summed E-state index contributed by atoms with van der Waals surface area (Å²) in [6.45, 7) is 31.1. The molecule has 0 aliphatic carbocycles. The average molecular weight is 983 g/mol. The Morgan fingerprint density at radius 3 is 2.00 bits per heavy atom. The molecule has 3 aliphatic heterocycles. The number of esters is 1. The number of aliphatic hydroxyl groups excluding tert-OH is 1. The Bertz CT molecular complexity index is 1740. The Morgan fingerprint density at radius 1 is 0.836 bits per heavy atom. The van der Waals surface area contributed by atoms with Crippen LogP contribution in [0.5, 0.6) is 0 Å². The first kappa shape index (κ1) is 57.7. The summed E-state index contributed by atoms with van der Waals surface area (Å²) in [5.41, 5.74) is -3.14. The molecular weight excluding hydrogens is 893 g/mol. The molecule has 67 heavy (non-hydrogen) atoms. The molecule has 17 heteroatoms. The highest BCUT2D eigenvalue weighted by Gasteiger charge is 2.54. The first-order valence-corrected chi connectivity index (χ1v) is 31.4. The summed E-state index contributed by atoms with van der Waals surface area (Å²) in [4.78, 5) is 22.9. The quantitative estimate of drug-likeness (QED) is 0.0949. The van der Waals surface area contributed by atoms with Gasteiger partial charge in [0, 0.05) is 37.3 Å². The minimum Gasteiger partial charge on any atom is -0.459 e. The first-order valence-electron chi connectivity index (χ1n) is 24.6. The molecule has 15 nitrogen and oxygen atoms in total. The van der Waals surface area contributed by atoms with E-state index in [1.165, 1.54) is 6.92 Å². The van der Waals surface area contributed by atoms with Gasteiger partial charge in [0.05, 0.1) is 59.5 Å². The number of cyclic esters (lactones) is 1. The molecule has 0 bridgehead atoms. The van der Waals surface area contributed by atoms with E-state index in [0.29, 0.717) is 12.1 Å². The van der Waals surface area contributed by atoms with Crippen LogP contribution in [0.4, 0.5) is 0 Å². The van der Waals surface area contributed by atoms with Crippen LogP contribution in [0.1, 0.15) is 100 Å². The number of methoxy groups -OCH3 is 1. The molecule has 1 aromatic rings. The lowest BCUT2D eigenvalue weighted by atomic mass is 9.73. The highest BCUT2D eigenvalue weighted by atomic mass is 28.4. The number of carbonyl (C=O) groups excluding carboxylic acids is 1. The Balaban J connectivity index is 1.92. The molecule has 0 aromatic heterocycles. The van der Waals surface area contributed by atoms with Crippen molar-refractivity contribution in [3.8, 4) is 0 Å². The van der Waals surface area contributed by atoms with Gasteiger partial charge >= 0.3 is 5.97 Å². The molecule has 3 aliphatic rings. The van der Waals surface area contributed by atoms with Crippen molar-refractivity contribution >= 4 is 28.3 Å². The van der Waals surface area contributed by atoms with Gasteiger partial charge in [-0.3, -0.25) is 4.79 Å². The van der Waals surface area contributed by atoms with E-state index in [2.05, 4.69) is 49.3 Å². The molecule has 3 heterocycles. The number of nitrogens with zero attached hydrogens (tertiary/aromatic N) is 2. The maximum atomic E-state index is 14.7. The number of ether oxygens (including phenoxy) is 6. The Morgan fingerprint density at radius 2 is 1.45 bits per heavy atom. The molecule has 18 atom stereocenters. The lowest BCUT2D eigenvalue weighted by Crippen LogP contribution is -2.62. The third kappa shape index (κ3) is 14.9. The number of likely N-dealkylation sites (N-methyl/N-ethyl adjacent to an activating group) is 1. The van der Waals surface area contributed by atoms with Crippen molar-refractivity contribution in [1.82, 2.24) is 4.90 Å². The maximum Gasteiger partial charge on any atom is 0.311 e. The molecule has 0 unspecified atom stereocenters. The molecule has 0 spiro atoms. The summed E-state index contributed by atoms with van der Waals surface area (Å²) < 4.78 is 53.7. The van der Waals surface area contributed by atoms with Crippen LogP contribution in [0.2, 0.25) is 39.3 Å². The summed E-state index contributed by atoms with van der Waals surface area (Å²) in [6.07, 6.45) is -6.84. The highest BCUT2D eigenvalue weighted by Crippen LogP contribution is 2.42. The fraction of sp³-hybridized carbons (Fsp3) is 0.840. The Kier molecular flexibility index (Phi) is 19.9. The van der Waals surface area contributed by atoms with Crippen LogP contribution in [0.3, 0.4) is 0 Å². The molecule has 3 fully saturated rings. The van der Waals surface area contributed by atoms with Crippen LogP contribution in [0.25, 0.3) is 0 Å². The van der Waals surface area contributed by atoms with E-state index in [4.69, 9.17) is 42.1 Å². The van der Waals surface area contributed by atoms with E-state index in [0.717, 1.165) is 5.56 Å². The van der Waals surface area contributed by atoms with Gasteiger partial charge in [0.25, 0.3) is 0 Å². The smallest absolute Gasteiger partial charge is 0.311 e.